The van der Waals surface area contributed by atoms with E-state index in [2.05, 4.69) is 48.8 Å². The van der Waals surface area contributed by atoms with Crippen molar-refractivity contribution in [2.75, 3.05) is 0 Å². The first-order chi connectivity index (χ1) is 7.11. The first-order valence-electron chi connectivity index (χ1n) is 5.43. The largest absolute Gasteiger partial charge is 0.346 e. The van der Waals surface area contributed by atoms with E-state index < -0.39 is 0 Å². The van der Waals surface area contributed by atoms with Crippen LogP contribution in [0.5, 0.6) is 0 Å². The SMILES string of the molecule is CC(C)c1c[nH]c2ncnc(C(C)C)c12. The number of hydrogen-bond acceptors (Lipinski definition) is 2. The molecule has 3 heteroatoms. The van der Waals surface area contributed by atoms with Gasteiger partial charge >= 0.3 is 0 Å². The molecule has 2 aromatic heterocycles. The minimum Gasteiger partial charge on any atom is -0.346 e. The molecule has 0 radical (unpaired) electrons. The number of nitrogens with one attached hydrogen (secondary N) is 1. The molecule has 0 saturated heterocycles. The van der Waals surface area contributed by atoms with Crippen LogP contribution in [0.4, 0.5) is 0 Å². The highest BCUT2D eigenvalue weighted by Gasteiger charge is 2.14. The molecule has 2 heterocycles. The van der Waals surface area contributed by atoms with Gasteiger partial charge in [-0.15, -0.1) is 0 Å². The number of H-pyrrole nitrogens is 1. The van der Waals surface area contributed by atoms with Crippen molar-refractivity contribution in [3.05, 3.63) is 23.8 Å². The number of rotatable bonds is 2. The van der Waals surface area contributed by atoms with Crippen molar-refractivity contribution in [1.82, 2.24) is 15.0 Å². The molecule has 2 aromatic rings. The van der Waals surface area contributed by atoms with Crippen LogP contribution in [0.15, 0.2) is 12.5 Å². The normalized spacial score (nSPS) is 11.9. The summed E-state index contributed by atoms with van der Waals surface area (Å²) in [7, 11) is 0. The predicted molar refractivity (Wildman–Crippen MR) is 62.1 cm³/mol. The van der Waals surface area contributed by atoms with Crippen molar-refractivity contribution in [3.8, 4) is 0 Å². The highest BCUT2D eigenvalue weighted by atomic mass is 14.9. The van der Waals surface area contributed by atoms with Crippen molar-refractivity contribution in [1.29, 1.82) is 0 Å². The molecule has 2 rings (SSSR count). The topological polar surface area (TPSA) is 41.6 Å². The van der Waals surface area contributed by atoms with E-state index in [9.17, 15) is 0 Å². The minimum absolute atomic E-state index is 0.434. The average molecular weight is 203 g/mol. The van der Waals surface area contributed by atoms with Gasteiger partial charge in [-0.1, -0.05) is 27.7 Å². The Hall–Kier alpha value is -1.38. The van der Waals surface area contributed by atoms with E-state index in [-0.39, 0.29) is 0 Å². The second-order valence-corrected chi connectivity index (χ2v) is 4.54. The van der Waals surface area contributed by atoms with Gasteiger partial charge in [-0.3, -0.25) is 0 Å². The zero-order valence-electron chi connectivity index (χ0n) is 9.70. The number of aromatic amines is 1. The molecule has 0 aromatic carbocycles. The molecule has 0 saturated carbocycles. The van der Waals surface area contributed by atoms with E-state index in [0.29, 0.717) is 11.8 Å². The van der Waals surface area contributed by atoms with Crippen molar-refractivity contribution < 1.29 is 0 Å². The van der Waals surface area contributed by atoms with Crippen LogP contribution in [0.2, 0.25) is 0 Å². The Morgan fingerprint density at radius 3 is 2.40 bits per heavy atom. The summed E-state index contributed by atoms with van der Waals surface area (Å²) in [6.07, 6.45) is 3.69. The summed E-state index contributed by atoms with van der Waals surface area (Å²) in [6.45, 7) is 8.72. The van der Waals surface area contributed by atoms with Gasteiger partial charge in [0, 0.05) is 11.6 Å². The van der Waals surface area contributed by atoms with E-state index >= 15 is 0 Å². The van der Waals surface area contributed by atoms with Gasteiger partial charge in [0.05, 0.1) is 5.69 Å². The third kappa shape index (κ3) is 1.62. The number of hydrogen-bond donors (Lipinski definition) is 1. The Morgan fingerprint density at radius 1 is 1.07 bits per heavy atom. The molecule has 1 N–H and O–H groups in total. The van der Waals surface area contributed by atoms with Crippen LogP contribution in [-0.4, -0.2) is 15.0 Å². The minimum atomic E-state index is 0.434. The van der Waals surface area contributed by atoms with Gasteiger partial charge in [0.25, 0.3) is 0 Å². The fourth-order valence-corrected chi connectivity index (χ4v) is 1.90. The maximum atomic E-state index is 4.39. The highest BCUT2D eigenvalue weighted by Crippen LogP contribution is 2.29. The summed E-state index contributed by atoms with van der Waals surface area (Å²) in [5.74, 6) is 0.936. The number of fused-ring (bicyclic) bond motifs is 1. The predicted octanol–water partition coefficient (Wildman–Crippen LogP) is 3.20. The van der Waals surface area contributed by atoms with Gasteiger partial charge in [0.2, 0.25) is 0 Å². The molecule has 0 amide bonds. The van der Waals surface area contributed by atoms with Crippen molar-refractivity contribution >= 4 is 11.0 Å². The van der Waals surface area contributed by atoms with E-state index in [1.165, 1.54) is 10.9 Å². The Kier molecular flexibility index (Phi) is 2.47. The molecule has 0 aliphatic heterocycles. The molecule has 0 spiro atoms. The lowest BCUT2D eigenvalue weighted by atomic mass is 9.98. The summed E-state index contributed by atoms with van der Waals surface area (Å²) >= 11 is 0. The van der Waals surface area contributed by atoms with Crippen LogP contribution in [-0.2, 0) is 0 Å². The van der Waals surface area contributed by atoms with Crippen LogP contribution < -0.4 is 0 Å². The van der Waals surface area contributed by atoms with Gasteiger partial charge in [-0.25, -0.2) is 9.97 Å². The van der Waals surface area contributed by atoms with Gasteiger partial charge in [-0.2, -0.15) is 0 Å². The van der Waals surface area contributed by atoms with Crippen LogP contribution >= 0.6 is 0 Å². The Bertz CT molecular complexity index is 469. The lowest BCUT2D eigenvalue weighted by molar-refractivity contribution is 0.820. The van der Waals surface area contributed by atoms with Gasteiger partial charge < -0.3 is 4.98 Å². The van der Waals surface area contributed by atoms with Gasteiger partial charge in [0.1, 0.15) is 12.0 Å². The van der Waals surface area contributed by atoms with E-state index in [1.54, 1.807) is 6.33 Å². The molecule has 0 aliphatic rings. The zero-order chi connectivity index (χ0) is 11.0. The summed E-state index contributed by atoms with van der Waals surface area (Å²) in [5.41, 5.74) is 3.41. The summed E-state index contributed by atoms with van der Waals surface area (Å²) in [4.78, 5) is 11.9. The first kappa shape index (κ1) is 10.1. The third-order valence-electron chi connectivity index (χ3n) is 2.70. The molecule has 0 bridgehead atoms. The molecule has 3 nitrogen and oxygen atoms in total. The third-order valence-corrected chi connectivity index (χ3v) is 2.70. The van der Waals surface area contributed by atoms with Crippen LogP contribution in [0.3, 0.4) is 0 Å². The summed E-state index contributed by atoms with van der Waals surface area (Å²) in [5, 5.41) is 1.21. The number of nitrogens with zero attached hydrogens (tertiary/aromatic N) is 2. The Labute approximate surface area is 90.0 Å². The van der Waals surface area contributed by atoms with Crippen LogP contribution in [0.25, 0.3) is 11.0 Å². The lowest BCUT2D eigenvalue weighted by Gasteiger charge is -2.09. The van der Waals surface area contributed by atoms with E-state index in [1.807, 2.05) is 0 Å². The van der Waals surface area contributed by atoms with Gasteiger partial charge in [-0.05, 0) is 17.4 Å². The highest BCUT2D eigenvalue weighted by molar-refractivity contribution is 5.83. The molecule has 80 valence electrons. The standard InChI is InChI=1S/C12H17N3/c1-7(2)9-5-13-12-10(9)11(8(3)4)14-6-15-12/h5-8H,1-4H3,(H,13,14,15). The van der Waals surface area contributed by atoms with Crippen LogP contribution in [0.1, 0.15) is 50.8 Å². The van der Waals surface area contributed by atoms with Crippen molar-refractivity contribution in [2.24, 2.45) is 0 Å². The molecule has 0 aliphatic carbocycles. The average Bonchev–Trinajstić information content (AvgIpc) is 2.60. The monoisotopic (exact) mass is 203 g/mol. The van der Waals surface area contributed by atoms with Gasteiger partial charge in [0.15, 0.2) is 0 Å². The first-order valence-corrected chi connectivity index (χ1v) is 5.43. The molecule has 0 atom stereocenters. The van der Waals surface area contributed by atoms with Crippen molar-refractivity contribution in [3.63, 3.8) is 0 Å². The van der Waals surface area contributed by atoms with E-state index in [4.69, 9.17) is 0 Å². The van der Waals surface area contributed by atoms with Crippen molar-refractivity contribution in [2.45, 2.75) is 39.5 Å². The van der Waals surface area contributed by atoms with Crippen LogP contribution in [0, 0.1) is 0 Å². The second-order valence-electron chi connectivity index (χ2n) is 4.54. The Morgan fingerprint density at radius 2 is 1.80 bits per heavy atom. The maximum absolute atomic E-state index is 4.39. The summed E-state index contributed by atoms with van der Waals surface area (Å²) in [6, 6.07) is 0. The summed E-state index contributed by atoms with van der Waals surface area (Å²) < 4.78 is 0. The smallest absolute Gasteiger partial charge is 0.141 e. The second kappa shape index (κ2) is 3.65. The Balaban J connectivity index is 2.75. The lowest BCUT2D eigenvalue weighted by Crippen LogP contribution is -1.97. The molecule has 0 unspecified atom stereocenters. The zero-order valence-corrected chi connectivity index (χ0v) is 9.70. The fourth-order valence-electron chi connectivity index (χ4n) is 1.90. The maximum Gasteiger partial charge on any atom is 0.141 e. The quantitative estimate of drug-likeness (QED) is 0.814. The molecular formula is C12H17N3. The van der Waals surface area contributed by atoms with E-state index in [0.717, 1.165) is 11.3 Å². The fraction of sp³-hybridized carbons (Fsp3) is 0.500. The molecule has 0 fully saturated rings. The molecular weight excluding hydrogens is 186 g/mol. The number of aromatic nitrogens is 3. The molecule has 15 heavy (non-hydrogen) atoms.